The first-order valence-corrected chi connectivity index (χ1v) is 4.71. The fraction of sp³-hybridized carbons (Fsp3) is 0.0769. The van der Waals surface area contributed by atoms with Gasteiger partial charge in [-0.2, -0.15) is 0 Å². The first-order chi connectivity index (χ1) is 7.31. The summed E-state index contributed by atoms with van der Waals surface area (Å²) >= 11 is 0. The molecule has 0 aliphatic rings. The van der Waals surface area contributed by atoms with E-state index in [1.54, 1.807) is 19.5 Å². The van der Waals surface area contributed by atoms with Gasteiger partial charge >= 0.3 is 0 Å². The van der Waals surface area contributed by atoms with Gasteiger partial charge in [0, 0.05) is 12.4 Å². The molecule has 0 spiro atoms. The van der Waals surface area contributed by atoms with E-state index in [-0.39, 0.29) is 0 Å². The zero-order valence-corrected chi connectivity index (χ0v) is 8.60. The highest BCUT2D eigenvalue weighted by molar-refractivity contribution is 5.65. The summed E-state index contributed by atoms with van der Waals surface area (Å²) in [6, 6.07) is 9.90. The van der Waals surface area contributed by atoms with Crippen LogP contribution in [0.3, 0.4) is 0 Å². The van der Waals surface area contributed by atoms with E-state index in [1.807, 2.05) is 30.3 Å². The van der Waals surface area contributed by atoms with E-state index >= 15 is 0 Å². The standard InChI is InChI=1S/C13H12NO/c1-10-9-12(3-4-13(10)15-2)11-5-7-14-8-6-11/h3-9H,1H2,2H3. The van der Waals surface area contributed by atoms with Gasteiger partial charge in [0.05, 0.1) is 7.11 Å². The Morgan fingerprint density at radius 3 is 2.40 bits per heavy atom. The predicted octanol–water partition coefficient (Wildman–Crippen LogP) is 2.94. The van der Waals surface area contributed by atoms with Crippen LogP contribution < -0.4 is 4.74 Å². The molecule has 0 saturated heterocycles. The molecule has 1 radical (unpaired) electrons. The molecule has 2 nitrogen and oxygen atoms in total. The average Bonchev–Trinajstić information content (AvgIpc) is 2.30. The first-order valence-electron chi connectivity index (χ1n) is 4.71. The maximum atomic E-state index is 5.16. The smallest absolute Gasteiger partial charge is 0.122 e. The monoisotopic (exact) mass is 198 g/mol. The lowest BCUT2D eigenvalue weighted by Gasteiger charge is -2.07. The molecule has 15 heavy (non-hydrogen) atoms. The van der Waals surface area contributed by atoms with Crippen molar-refractivity contribution in [3.63, 3.8) is 0 Å². The van der Waals surface area contributed by atoms with Crippen LogP contribution in [0.5, 0.6) is 5.75 Å². The third-order valence-electron chi connectivity index (χ3n) is 2.29. The largest absolute Gasteiger partial charge is 0.496 e. The van der Waals surface area contributed by atoms with E-state index in [4.69, 9.17) is 4.74 Å². The highest BCUT2D eigenvalue weighted by Gasteiger charge is 2.01. The van der Waals surface area contributed by atoms with Crippen molar-refractivity contribution in [2.75, 3.05) is 7.11 Å². The van der Waals surface area contributed by atoms with Crippen molar-refractivity contribution in [1.29, 1.82) is 0 Å². The quantitative estimate of drug-likeness (QED) is 0.740. The number of hydrogen-bond donors (Lipinski definition) is 0. The molecule has 0 fully saturated rings. The Kier molecular flexibility index (Phi) is 2.68. The van der Waals surface area contributed by atoms with Crippen LogP contribution in [-0.2, 0) is 0 Å². The van der Waals surface area contributed by atoms with Gasteiger partial charge in [-0.1, -0.05) is 6.07 Å². The summed E-state index contributed by atoms with van der Waals surface area (Å²) in [5.74, 6) is 0.813. The SMILES string of the molecule is [CH2]c1cc(-c2ccncc2)ccc1OC. The molecule has 0 atom stereocenters. The summed E-state index contributed by atoms with van der Waals surface area (Å²) in [7, 11) is 1.65. The molecule has 2 heteroatoms. The summed E-state index contributed by atoms with van der Waals surface area (Å²) in [6.07, 6.45) is 3.56. The second-order valence-electron chi connectivity index (χ2n) is 3.26. The minimum atomic E-state index is 0.813. The number of rotatable bonds is 2. The summed E-state index contributed by atoms with van der Waals surface area (Å²) in [6.45, 7) is 3.94. The van der Waals surface area contributed by atoms with Gasteiger partial charge in [0.15, 0.2) is 0 Å². The number of aromatic nitrogens is 1. The van der Waals surface area contributed by atoms with Gasteiger partial charge in [0.1, 0.15) is 5.75 Å². The van der Waals surface area contributed by atoms with Crippen molar-refractivity contribution >= 4 is 0 Å². The van der Waals surface area contributed by atoms with E-state index in [1.165, 1.54) is 0 Å². The third kappa shape index (κ3) is 1.99. The number of ether oxygens (including phenoxy) is 1. The lowest BCUT2D eigenvalue weighted by atomic mass is 10.0. The molecule has 0 aliphatic heterocycles. The molecule has 0 unspecified atom stereocenters. The van der Waals surface area contributed by atoms with E-state index in [2.05, 4.69) is 11.9 Å². The number of methoxy groups -OCH3 is 1. The van der Waals surface area contributed by atoms with Crippen LogP contribution in [-0.4, -0.2) is 12.1 Å². The van der Waals surface area contributed by atoms with Gasteiger partial charge in [-0.3, -0.25) is 4.98 Å². The van der Waals surface area contributed by atoms with Crippen LogP contribution in [0.2, 0.25) is 0 Å². The maximum Gasteiger partial charge on any atom is 0.122 e. The molecule has 0 saturated carbocycles. The molecule has 2 rings (SSSR count). The molecule has 0 N–H and O–H groups in total. The van der Waals surface area contributed by atoms with E-state index in [9.17, 15) is 0 Å². The molecule has 0 aliphatic carbocycles. The van der Waals surface area contributed by atoms with E-state index in [0.717, 1.165) is 22.4 Å². The fourth-order valence-electron chi connectivity index (χ4n) is 1.50. The van der Waals surface area contributed by atoms with Crippen LogP contribution >= 0.6 is 0 Å². The molecule has 1 aromatic carbocycles. The maximum absolute atomic E-state index is 5.16. The van der Waals surface area contributed by atoms with Gasteiger partial charge < -0.3 is 4.74 Å². The van der Waals surface area contributed by atoms with Crippen LogP contribution in [0.1, 0.15) is 5.56 Å². The molecule has 0 bridgehead atoms. The van der Waals surface area contributed by atoms with Crippen molar-refractivity contribution in [2.45, 2.75) is 0 Å². The van der Waals surface area contributed by atoms with E-state index < -0.39 is 0 Å². The Morgan fingerprint density at radius 2 is 1.80 bits per heavy atom. The average molecular weight is 198 g/mol. The Balaban J connectivity index is 2.43. The molecule has 0 amide bonds. The van der Waals surface area contributed by atoms with Gasteiger partial charge in [-0.25, -0.2) is 0 Å². The van der Waals surface area contributed by atoms with Crippen molar-refractivity contribution in [1.82, 2.24) is 4.98 Å². The minimum Gasteiger partial charge on any atom is -0.496 e. The number of pyridine rings is 1. The highest BCUT2D eigenvalue weighted by Crippen LogP contribution is 2.25. The zero-order chi connectivity index (χ0) is 10.7. The molecule has 1 aromatic heterocycles. The second kappa shape index (κ2) is 4.13. The van der Waals surface area contributed by atoms with Crippen LogP contribution in [0.25, 0.3) is 11.1 Å². The Labute approximate surface area is 89.6 Å². The lowest BCUT2D eigenvalue weighted by Crippen LogP contribution is -1.87. The molecule has 1 heterocycles. The van der Waals surface area contributed by atoms with Gasteiger partial charge in [-0.05, 0) is 47.9 Å². The number of benzene rings is 1. The van der Waals surface area contributed by atoms with Crippen molar-refractivity contribution in [3.8, 4) is 16.9 Å². The molecule has 2 aromatic rings. The van der Waals surface area contributed by atoms with Crippen LogP contribution in [0.15, 0.2) is 42.7 Å². The fourth-order valence-corrected chi connectivity index (χ4v) is 1.50. The number of hydrogen-bond acceptors (Lipinski definition) is 2. The van der Waals surface area contributed by atoms with Crippen LogP contribution in [0, 0.1) is 6.92 Å². The van der Waals surface area contributed by atoms with Crippen LogP contribution in [0.4, 0.5) is 0 Å². The van der Waals surface area contributed by atoms with Crippen molar-refractivity contribution in [3.05, 3.63) is 55.2 Å². The van der Waals surface area contributed by atoms with Crippen molar-refractivity contribution in [2.24, 2.45) is 0 Å². The van der Waals surface area contributed by atoms with Gasteiger partial charge in [0.2, 0.25) is 0 Å². The topological polar surface area (TPSA) is 22.1 Å². The third-order valence-corrected chi connectivity index (χ3v) is 2.29. The first kappa shape index (κ1) is 9.71. The molecular formula is C13H12NO. The number of nitrogens with zero attached hydrogens (tertiary/aromatic N) is 1. The minimum absolute atomic E-state index is 0.813. The van der Waals surface area contributed by atoms with Gasteiger partial charge in [0.25, 0.3) is 0 Å². The Hall–Kier alpha value is -1.83. The summed E-state index contributed by atoms with van der Waals surface area (Å²) in [5, 5.41) is 0. The summed E-state index contributed by atoms with van der Waals surface area (Å²) in [5.41, 5.74) is 3.16. The lowest BCUT2D eigenvalue weighted by molar-refractivity contribution is 0.413. The zero-order valence-electron chi connectivity index (χ0n) is 8.60. The summed E-state index contributed by atoms with van der Waals surface area (Å²) < 4.78 is 5.16. The summed E-state index contributed by atoms with van der Waals surface area (Å²) in [4.78, 5) is 3.99. The van der Waals surface area contributed by atoms with Crippen molar-refractivity contribution < 1.29 is 4.74 Å². The van der Waals surface area contributed by atoms with Gasteiger partial charge in [-0.15, -0.1) is 0 Å². The Bertz CT molecular complexity index is 451. The Morgan fingerprint density at radius 1 is 1.07 bits per heavy atom. The highest BCUT2D eigenvalue weighted by atomic mass is 16.5. The predicted molar refractivity (Wildman–Crippen MR) is 60.7 cm³/mol. The second-order valence-corrected chi connectivity index (χ2v) is 3.26. The van der Waals surface area contributed by atoms with E-state index in [0.29, 0.717) is 0 Å². The molecule has 75 valence electrons. The normalized spacial score (nSPS) is 10.0. The molecular weight excluding hydrogens is 186 g/mol.